The van der Waals surface area contributed by atoms with Gasteiger partial charge in [-0.25, -0.2) is 4.39 Å². The number of piperidine rings is 1. The van der Waals surface area contributed by atoms with Crippen LogP contribution in [-0.4, -0.2) is 23.9 Å². The molecule has 0 spiro atoms. The molecule has 1 N–H and O–H groups in total. The number of aryl methyl sites for hydroxylation is 3. The van der Waals surface area contributed by atoms with Crippen molar-refractivity contribution in [1.82, 2.24) is 10.2 Å². The Kier molecular flexibility index (Phi) is 6.50. The molecular formula is C24H31FN2O. The number of nitrogens with one attached hydrogen (secondary N) is 1. The monoisotopic (exact) mass is 382 g/mol. The van der Waals surface area contributed by atoms with Crippen LogP contribution in [0.5, 0.6) is 0 Å². The average Bonchev–Trinajstić information content (AvgIpc) is 2.67. The summed E-state index contributed by atoms with van der Waals surface area (Å²) in [4.78, 5) is 15.1. The summed E-state index contributed by atoms with van der Waals surface area (Å²) in [5.41, 5.74) is 6.09. The highest BCUT2D eigenvalue weighted by Gasteiger charge is 2.26. The Bertz CT molecular complexity index is 823. The number of benzene rings is 2. The normalized spacial score (nSPS) is 16.8. The number of amides is 1. The predicted molar refractivity (Wildman–Crippen MR) is 112 cm³/mol. The quantitative estimate of drug-likeness (QED) is 0.802. The van der Waals surface area contributed by atoms with E-state index in [1.165, 1.54) is 34.4 Å². The molecule has 0 aliphatic carbocycles. The number of halogens is 1. The summed E-state index contributed by atoms with van der Waals surface area (Å²) >= 11 is 0. The minimum Gasteiger partial charge on any atom is -0.349 e. The van der Waals surface area contributed by atoms with Gasteiger partial charge < -0.3 is 5.32 Å². The fraction of sp³-hybridized carbons (Fsp3) is 0.458. The lowest BCUT2D eigenvalue weighted by molar-refractivity contribution is -0.127. The molecule has 28 heavy (non-hydrogen) atoms. The first-order valence-electron chi connectivity index (χ1n) is 10.2. The summed E-state index contributed by atoms with van der Waals surface area (Å²) in [5.74, 6) is 0.0255. The summed E-state index contributed by atoms with van der Waals surface area (Å²) in [6.07, 6.45) is 1.73. The van der Waals surface area contributed by atoms with E-state index in [4.69, 9.17) is 0 Å². The lowest BCUT2D eigenvalue weighted by atomic mass is 9.93. The highest BCUT2D eigenvalue weighted by molar-refractivity contribution is 5.79. The van der Waals surface area contributed by atoms with Gasteiger partial charge in [-0.05, 0) is 93.6 Å². The SMILES string of the molecule is Cc1cc(C)c([C@@H](C)NC(=O)C2CCN(Cc3ccc(F)cc3)CC2)cc1C. The molecule has 1 aliphatic heterocycles. The number of rotatable bonds is 5. The highest BCUT2D eigenvalue weighted by atomic mass is 19.1. The topological polar surface area (TPSA) is 32.3 Å². The van der Waals surface area contributed by atoms with Gasteiger partial charge in [0, 0.05) is 12.5 Å². The van der Waals surface area contributed by atoms with Crippen LogP contribution in [-0.2, 0) is 11.3 Å². The summed E-state index contributed by atoms with van der Waals surface area (Å²) in [7, 11) is 0. The Balaban J connectivity index is 1.52. The fourth-order valence-electron chi connectivity index (χ4n) is 4.06. The van der Waals surface area contributed by atoms with Gasteiger partial charge in [0.15, 0.2) is 0 Å². The van der Waals surface area contributed by atoms with E-state index in [1.807, 2.05) is 12.1 Å². The Hall–Kier alpha value is -2.20. The van der Waals surface area contributed by atoms with Gasteiger partial charge in [0.2, 0.25) is 5.91 Å². The molecule has 3 rings (SSSR count). The second-order valence-electron chi connectivity index (χ2n) is 8.20. The van der Waals surface area contributed by atoms with E-state index in [9.17, 15) is 9.18 Å². The number of hydrogen-bond donors (Lipinski definition) is 1. The number of carbonyl (C=O) groups is 1. The second kappa shape index (κ2) is 8.87. The molecule has 1 atom stereocenters. The summed E-state index contributed by atoms with van der Waals surface area (Å²) < 4.78 is 13.0. The van der Waals surface area contributed by atoms with Gasteiger partial charge in [0.1, 0.15) is 5.82 Å². The van der Waals surface area contributed by atoms with Crippen molar-refractivity contribution in [3.8, 4) is 0 Å². The second-order valence-corrected chi connectivity index (χ2v) is 8.20. The standard InChI is InChI=1S/C24H31FN2O/c1-16-13-18(3)23(14-17(16)2)19(4)26-24(28)21-9-11-27(12-10-21)15-20-5-7-22(25)8-6-20/h5-8,13-14,19,21H,9-12,15H2,1-4H3,(H,26,28)/t19-/m1/s1. The molecule has 1 heterocycles. The van der Waals surface area contributed by atoms with Crippen LogP contribution in [0.3, 0.4) is 0 Å². The first-order valence-corrected chi connectivity index (χ1v) is 10.2. The van der Waals surface area contributed by atoms with Crippen LogP contribution in [0, 0.1) is 32.5 Å². The van der Waals surface area contributed by atoms with Gasteiger partial charge >= 0.3 is 0 Å². The Morgan fingerprint density at radius 3 is 2.32 bits per heavy atom. The molecule has 0 radical (unpaired) electrons. The van der Waals surface area contributed by atoms with Crippen molar-refractivity contribution >= 4 is 5.91 Å². The first-order chi connectivity index (χ1) is 13.3. The van der Waals surface area contributed by atoms with Crippen molar-refractivity contribution in [1.29, 1.82) is 0 Å². The average molecular weight is 383 g/mol. The zero-order valence-corrected chi connectivity index (χ0v) is 17.4. The molecule has 150 valence electrons. The molecular weight excluding hydrogens is 351 g/mol. The van der Waals surface area contributed by atoms with Crippen molar-refractivity contribution < 1.29 is 9.18 Å². The van der Waals surface area contributed by atoms with E-state index in [0.29, 0.717) is 0 Å². The molecule has 0 unspecified atom stereocenters. The van der Waals surface area contributed by atoms with E-state index >= 15 is 0 Å². The summed E-state index contributed by atoms with van der Waals surface area (Å²) in [5, 5.41) is 3.23. The van der Waals surface area contributed by atoms with Gasteiger partial charge in [-0.15, -0.1) is 0 Å². The Morgan fingerprint density at radius 2 is 1.68 bits per heavy atom. The number of hydrogen-bond acceptors (Lipinski definition) is 2. The Morgan fingerprint density at radius 1 is 1.07 bits per heavy atom. The molecule has 0 saturated carbocycles. The smallest absolute Gasteiger partial charge is 0.223 e. The fourth-order valence-corrected chi connectivity index (χ4v) is 4.06. The molecule has 0 aromatic heterocycles. The molecule has 1 fully saturated rings. The summed E-state index contributed by atoms with van der Waals surface area (Å²) in [6, 6.07) is 11.1. The lowest BCUT2D eigenvalue weighted by Gasteiger charge is -2.32. The van der Waals surface area contributed by atoms with Gasteiger partial charge in [-0.2, -0.15) is 0 Å². The largest absolute Gasteiger partial charge is 0.349 e. The number of carbonyl (C=O) groups excluding carboxylic acids is 1. The van der Waals surface area contributed by atoms with Crippen molar-refractivity contribution in [2.24, 2.45) is 5.92 Å². The van der Waals surface area contributed by atoms with E-state index < -0.39 is 0 Å². The Labute approximate surface area is 167 Å². The van der Waals surface area contributed by atoms with Crippen LogP contribution in [0.15, 0.2) is 36.4 Å². The lowest BCUT2D eigenvalue weighted by Crippen LogP contribution is -2.41. The van der Waals surface area contributed by atoms with Crippen LogP contribution in [0.2, 0.25) is 0 Å². The van der Waals surface area contributed by atoms with Crippen molar-refractivity contribution in [2.75, 3.05) is 13.1 Å². The molecule has 2 aromatic rings. The third-order valence-electron chi connectivity index (χ3n) is 5.99. The molecule has 0 bridgehead atoms. The van der Waals surface area contributed by atoms with E-state index in [2.05, 4.69) is 50.0 Å². The van der Waals surface area contributed by atoms with Crippen LogP contribution in [0.1, 0.15) is 53.6 Å². The summed E-state index contributed by atoms with van der Waals surface area (Å²) in [6.45, 7) is 11.0. The maximum absolute atomic E-state index is 13.0. The van der Waals surface area contributed by atoms with Crippen LogP contribution in [0.25, 0.3) is 0 Å². The van der Waals surface area contributed by atoms with Gasteiger partial charge in [0.25, 0.3) is 0 Å². The number of likely N-dealkylation sites (tertiary alicyclic amines) is 1. The van der Waals surface area contributed by atoms with Crippen molar-refractivity contribution in [3.63, 3.8) is 0 Å². The third kappa shape index (κ3) is 4.99. The van der Waals surface area contributed by atoms with Gasteiger partial charge in [-0.3, -0.25) is 9.69 Å². The van der Waals surface area contributed by atoms with Crippen LogP contribution < -0.4 is 5.32 Å². The van der Waals surface area contributed by atoms with Gasteiger partial charge in [-0.1, -0.05) is 24.3 Å². The third-order valence-corrected chi connectivity index (χ3v) is 5.99. The van der Waals surface area contributed by atoms with E-state index in [0.717, 1.165) is 38.0 Å². The van der Waals surface area contributed by atoms with Crippen molar-refractivity contribution in [3.05, 3.63) is 70.0 Å². The highest BCUT2D eigenvalue weighted by Crippen LogP contribution is 2.24. The van der Waals surface area contributed by atoms with Crippen molar-refractivity contribution in [2.45, 2.75) is 53.1 Å². The first kappa shape index (κ1) is 20.5. The van der Waals surface area contributed by atoms with E-state index in [-0.39, 0.29) is 23.7 Å². The molecule has 4 heteroatoms. The number of nitrogens with zero attached hydrogens (tertiary/aromatic N) is 1. The maximum Gasteiger partial charge on any atom is 0.223 e. The maximum atomic E-state index is 13.0. The van der Waals surface area contributed by atoms with Crippen LogP contribution in [0.4, 0.5) is 4.39 Å². The van der Waals surface area contributed by atoms with Gasteiger partial charge in [0.05, 0.1) is 6.04 Å². The molecule has 1 amide bonds. The molecule has 1 saturated heterocycles. The molecule has 2 aromatic carbocycles. The zero-order valence-electron chi connectivity index (χ0n) is 17.4. The van der Waals surface area contributed by atoms with E-state index in [1.54, 1.807) is 0 Å². The van der Waals surface area contributed by atoms with Crippen LogP contribution >= 0.6 is 0 Å². The minimum absolute atomic E-state index is 0.0176. The predicted octanol–water partition coefficient (Wildman–Crippen LogP) is 4.84. The molecule has 3 nitrogen and oxygen atoms in total. The molecule has 1 aliphatic rings. The zero-order chi connectivity index (χ0) is 20.3. The minimum atomic E-state index is -0.202.